The SMILES string of the molecule is Nc1ccccc1CNCc1nc2ccccc2s1. The Morgan fingerprint density at radius 1 is 1.00 bits per heavy atom. The summed E-state index contributed by atoms with van der Waals surface area (Å²) in [5, 5.41) is 4.49. The van der Waals surface area contributed by atoms with E-state index >= 15 is 0 Å². The molecular formula is C15H15N3S. The van der Waals surface area contributed by atoms with Gasteiger partial charge in [-0.15, -0.1) is 11.3 Å². The Hall–Kier alpha value is -1.91. The first kappa shape index (κ1) is 12.1. The topological polar surface area (TPSA) is 50.9 Å². The van der Waals surface area contributed by atoms with Crippen LogP contribution in [0.25, 0.3) is 10.2 Å². The van der Waals surface area contributed by atoms with Gasteiger partial charge in [0.25, 0.3) is 0 Å². The van der Waals surface area contributed by atoms with E-state index in [1.165, 1.54) is 4.70 Å². The lowest BCUT2D eigenvalue weighted by molar-refractivity contribution is 0.692. The van der Waals surface area contributed by atoms with Gasteiger partial charge in [-0.3, -0.25) is 0 Å². The highest BCUT2D eigenvalue weighted by molar-refractivity contribution is 7.18. The lowest BCUT2D eigenvalue weighted by atomic mass is 10.2. The Balaban J connectivity index is 1.65. The average molecular weight is 269 g/mol. The molecule has 0 bridgehead atoms. The second-order valence-corrected chi connectivity index (χ2v) is 5.49. The fourth-order valence-corrected chi connectivity index (χ4v) is 2.93. The van der Waals surface area contributed by atoms with E-state index < -0.39 is 0 Å². The Bertz CT molecular complexity index is 657. The predicted molar refractivity (Wildman–Crippen MR) is 81.0 cm³/mol. The van der Waals surface area contributed by atoms with Crippen molar-refractivity contribution < 1.29 is 0 Å². The minimum Gasteiger partial charge on any atom is -0.398 e. The molecule has 0 aliphatic carbocycles. The van der Waals surface area contributed by atoms with E-state index in [-0.39, 0.29) is 0 Å². The van der Waals surface area contributed by atoms with E-state index in [4.69, 9.17) is 5.73 Å². The van der Waals surface area contributed by atoms with Crippen molar-refractivity contribution in [1.29, 1.82) is 0 Å². The molecule has 0 radical (unpaired) electrons. The van der Waals surface area contributed by atoms with Gasteiger partial charge in [0.15, 0.2) is 0 Å². The number of nitrogens with two attached hydrogens (primary N) is 1. The minimum absolute atomic E-state index is 0.766. The van der Waals surface area contributed by atoms with E-state index in [2.05, 4.69) is 16.4 Å². The third-order valence-electron chi connectivity index (χ3n) is 2.98. The molecule has 0 saturated heterocycles. The van der Waals surface area contributed by atoms with Crippen molar-refractivity contribution >= 4 is 27.2 Å². The monoisotopic (exact) mass is 269 g/mol. The maximum absolute atomic E-state index is 5.91. The molecule has 96 valence electrons. The zero-order valence-electron chi connectivity index (χ0n) is 10.5. The highest BCUT2D eigenvalue weighted by Gasteiger charge is 2.03. The summed E-state index contributed by atoms with van der Waals surface area (Å²) in [4.78, 5) is 4.59. The molecule has 2 aromatic carbocycles. The van der Waals surface area contributed by atoms with Gasteiger partial charge in [-0.2, -0.15) is 0 Å². The van der Waals surface area contributed by atoms with Crippen LogP contribution in [0.15, 0.2) is 48.5 Å². The molecule has 0 unspecified atom stereocenters. The number of nitrogens with zero attached hydrogens (tertiary/aromatic N) is 1. The van der Waals surface area contributed by atoms with Crippen molar-refractivity contribution in [3.8, 4) is 0 Å². The average Bonchev–Trinajstić information content (AvgIpc) is 2.83. The zero-order valence-corrected chi connectivity index (χ0v) is 11.3. The third kappa shape index (κ3) is 2.75. The van der Waals surface area contributed by atoms with Crippen LogP contribution in [-0.2, 0) is 13.1 Å². The fraction of sp³-hybridized carbons (Fsp3) is 0.133. The van der Waals surface area contributed by atoms with Crippen LogP contribution in [0.5, 0.6) is 0 Å². The van der Waals surface area contributed by atoms with Crippen molar-refractivity contribution in [2.75, 3.05) is 5.73 Å². The lowest BCUT2D eigenvalue weighted by Gasteiger charge is -2.05. The number of benzene rings is 2. The number of fused-ring (bicyclic) bond motifs is 1. The number of thiazole rings is 1. The van der Waals surface area contributed by atoms with Crippen LogP contribution in [0.4, 0.5) is 5.69 Å². The summed E-state index contributed by atoms with van der Waals surface area (Å²) in [6, 6.07) is 16.1. The van der Waals surface area contributed by atoms with E-state index in [1.807, 2.05) is 42.5 Å². The van der Waals surface area contributed by atoms with Crippen LogP contribution in [0, 0.1) is 0 Å². The van der Waals surface area contributed by atoms with Crippen LogP contribution >= 0.6 is 11.3 Å². The normalized spacial score (nSPS) is 10.9. The van der Waals surface area contributed by atoms with E-state index in [9.17, 15) is 0 Å². The molecule has 4 heteroatoms. The number of hydrogen-bond donors (Lipinski definition) is 2. The van der Waals surface area contributed by atoms with Gasteiger partial charge in [-0.05, 0) is 23.8 Å². The lowest BCUT2D eigenvalue weighted by Crippen LogP contribution is -2.13. The summed E-state index contributed by atoms with van der Waals surface area (Å²) in [5.74, 6) is 0. The number of para-hydroxylation sites is 2. The van der Waals surface area contributed by atoms with Crippen LogP contribution < -0.4 is 11.1 Å². The van der Waals surface area contributed by atoms with E-state index in [1.54, 1.807) is 11.3 Å². The molecule has 3 rings (SSSR count). The number of anilines is 1. The standard InChI is InChI=1S/C15H15N3S/c16-12-6-2-1-5-11(12)9-17-10-15-18-13-7-3-4-8-14(13)19-15/h1-8,17H,9-10,16H2. The van der Waals surface area contributed by atoms with Crippen LogP contribution in [0.1, 0.15) is 10.6 Å². The van der Waals surface area contributed by atoms with Gasteiger partial charge in [0.05, 0.1) is 10.2 Å². The Labute approximate surface area is 116 Å². The van der Waals surface area contributed by atoms with Crippen LogP contribution in [0.3, 0.4) is 0 Å². The minimum atomic E-state index is 0.766. The van der Waals surface area contributed by atoms with Gasteiger partial charge in [0.2, 0.25) is 0 Å². The number of nitrogens with one attached hydrogen (secondary N) is 1. The van der Waals surface area contributed by atoms with Crippen molar-refractivity contribution in [3.63, 3.8) is 0 Å². The summed E-state index contributed by atoms with van der Waals surface area (Å²) in [6.07, 6.45) is 0. The van der Waals surface area contributed by atoms with E-state index in [0.717, 1.165) is 34.9 Å². The van der Waals surface area contributed by atoms with Gasteiger partial charge < -0.3 is 11.1 Å². The van der Waals surface area contributed by atoms with Crippen molar-refractivity contribution in [2.24, 2.45) is 0 Å². The first-order valence-corrected chi connectivity index (χ1v) is 7.03. The molecule has 3 N–H and O–H groups in total. The van der Waals surface area contributed by atoms with Crippen molar-refractivity contribution in [2.45, 2.75) is 13.1 Å². The third-order valence-corrected chi connectivity index (χ3v) is 4.02. The first-order chi connectivity index (χ1) is 9.33. The maximum Gasteiger partial charge on any atom is 0.108 e. The van der Waals surface area contributed by atoms with Gasteiger partial charge >= 0.3 is 0 Å². The quantitative estimate of drug-likeness (QED) is 0.715. The second-order valence-electron chi connectivity index (χ2n) is 4.38. The molecule has 0 aliphatic heterocycles. The predicted octanol–water partition coefficient (Wildman–Crippen LogP) is 3.17. The summed E-state index contributed by atoms with van der Waals surface area (Å²) < 4.78 is 1.23. The summed E-state index contributed by atoms with van der Waals surface area (Å²) >= 11 is 1.73. The number of hydrogen-bond acceptors (Lipinski definition) is 4. The van der Waals surface area contributed by atoms with Gasteiger partial charge in [0, 0.05) is 18.8 Å². The fourth-order valence-electron chi connectivity index (χ4n) is 1.99. The van der Waals surface area contributed by atoms with Crippen molar-refractivity contribution in [3.05, 3.63) is 59.1 Å². The molecule has 19 heavy (non-hydrogen) atoms. The van der Waals surface area contributed by atoms with E-state index in [0.29, 0.717) is 0 Å². The molecule has 0 spiro atoms. The summed E-state index contributed by atoms with van der Waals surface area (Å²) in [6.45, 7) is 1.54. The largest absolute Gasteiger partial charge is 0.398 e. The Kier molecular flexibility index (Phi) is 3.44. The maximum atomic E-state index is 5.91. The van der Waals surface area contributed by atoms with Gasteiger partial charge in [-0.1, -0.05) is 30.3 Å². The molecular weight excluding hydrogens is 254 g/mol. The van der Waals surface area contributed by atoms with Crippen LogP contribution in [0.2, 0.25) is 0 Å². The first-order valence-electron chi connectivity index (χ1n) is 6.21. The smallest absolute Gasteiger partial charge is 0.108 e. The van der Waals surface area contributed by atoms with Crippen LogP contribution in [-0.4, -0.2) is 4.98 Å². The molecule has 0 fully saturated rings. The summed E-state index contributed by atoms with van der Waals surface area (Å²) in [7, 11) is 0. The highest BCUT2D eigenvalue weighted by atomic mass is 32.1. The molecule has 0 amide bonds. The molecule has 1 heterocycles. The molecule has 0 aliphatic rings. The Morgan fingerprint density at radius 3 is 2.63 bits per heavy atom. The number of nitrogen functional groups attached to an aromatic ring is 1. The molecule has 3 nitrogen and oxygen atoms in total. The Morgan fingerprint density at radius 2 is 1.79 bits per heavy atom. The summed E-state index contributed by atoms with van der Waals surface area (Å²) in [5.41, 5.74) is 8.94. The zero-order chi connectivity index (χ0) is 13.1. The molecule has 0 atom stereocenters. The second kappa shape index (κ2) is 5.38. The molecule has 0 saturated carbocycles. The number of rotatable bonds is 4. The van der Waals surface area contributed by atoms with Gasteiger partial charge in [0.1, 0.15) is 5.01 Å². The van der Waals surface area contributed by atoms with Gasteiger partial charge in [-0.25, -0.2) is 4.98 Å². The van der Waals surface area contributed by atoms with Crippen molar-refractivity contribution in [1.82, 2.24) is 10.3 Å². The molecule has 1 aromatic heterocycles. The highest BCUT2D eigenvalue weighted by Crippen LogP contribution is 2.21. The molecule has 3 aromatic rings. The number of aromatic nitrogens is 1.